The molecule has 2 nitrogen and oxygen atoms in total. The van der Waals surface area contributed by atoms with Gasteiger partial charge in [0, 0.05) is 5.69 Å². The number of rotatable bonds is 3. The molecule has 19 heavy (non-hydrogen) atoms. The Bertz CT molecular complexity index is 552. The van der Waals surface area contributed by atoms with E-state index >= 15 is 0 Å². The van der Waals surface area contributed by atoms with Gasteiger partial charge in [0.25, 0.3) is 0 Å². The topological polar surface area (TPSA) is 35.2 Å². The minimum atomic E-state index is -4.43. The molecule has 0 fully saturated rings. The zero-order valence-corrected chi connectivity index (χ0v) is 9.95. The van der Waals surface area contributed by atoms with E-state index in [1.165, 1.54) is 12.1 Å². The highest BCUT2D eigenvalue weighted by Gasteiger charge is 2.32. The summed E-state index contributed by atoms with van der Waals surface area (Å²) in [6.07, 6.45) is -4.43. The number of nitrogen functional groups attached to an aromatic ring is 1. The summed E-state index contributed by atoms with van der Waals surface area (Å²) in [5.74, 6) is 0.654. The lowest BCUT2D eigenvalue weighted by Gasteiger charge is -2.12. The number of ether oxygens (including phenoxy) is 1. The van der Waals surface area contributed by atoms with Crippen LogP contribution in [0.25, 0.3) is 0 Å². The van der Waals surface area contributed by atoms with Crippen molar-refractivity contribution >= 4 is 5.69 Å². The van der Waals surface area contributed by atoms with Gasteiger partial charge in [-0.25, -0.2) is 0 Å². The van der Waals surface area contributed by atoms with Gasteiger partial charge in [-0.1, -0.05) is 24.3 Å². The second-order valence-corrected chi connectivity index (χ2v) is 4.02. The first kappa shape index (κ1) is 13.3. The smallest absolute Gasteiger partial charge is 0.418 e. The molecular formula is C14H12F3NO. The molecule has 2 rings (SSSR count). The maximum atomic E-state index is 12.5. The number of nitrogens with two attached hydrogens (primary N) is 1. The van der Waals surface area contributed by atoms with Crippen LogP contribution in [-0.4, -0.2) is 0 Å². The highest BCUT2D eigenvalue weighted by Crippen LogP contribution is 2.33. The van der Waals surface area contributed by atoms with Crippen LogP contribution in [0.5, 0.6) is 5.75 Å². The summed E-state index contributed by atoms with van der Waals surface area (Å²) in [7, 11) is 0. The van der Waals surface area contributed by atoms with Crippen molar-refractivity contribution in [3.05, 3.63) is 59.7 Å². The first-order valence-electron chi connectivity index (χ1n) is 5.60. The van der Waals surface area contributed by atoms with Crippen LogP contribution >= 0.6 is 0 Å². The first-order chi connectivity index (χ1) is 8.97. The van der Waals surface area contributed by atoms with E-state index in [1.807, 2.05) is 18.2 Å². The minimum absolute atomic E-state index is 0.173. The van der Waals surface area contributed by atoms with Crippen LogP contribution in [0.15, 0.2) is 48.5 Å². The second-order valence-electron chi connectivity index (χ2n) is 4.02. The maximum absolute atomic E-state index is 12.5. The maximum Gasteiger partial charge on any atom is 0.418 e. The SMILES string of the molecule is Nc1cc(COc2ccccc2)ccc1C(F)(F)F. The number of benzene rings is 2. The highest BCUT2D eigenvalue weighted by molar-refractivity contribution is 5.50. The molecular weight excluding hydrogens is 255 g/mol. The molecule has 0 amide bonds. The van der Waals surface area contributed by atoms with Crippen molar-refractivity contribution in [2.75, 3.05) is 5.73 Å². The minimum Gasteiger partial charge on any atom is -0.489 e. The van der Waals surface area contributed by atoms with Crippen LogP contribution in [0.2, 0.25) is 0 Å². The van der Waals surface area contributed by atoms with Gasteiger partial charge < -0.3 is 10.5 Å². The van der Waals surface area contributed by atoms with Crippen LogP contribution in [0.4, 0.5) is 18.9 Å². The van der Waals surface area contributed by atoms with Gasteiger partial charge >= 0.3 is 6.18 Å². The van der Waals surface area contributed by atoms with Crippen molar-refractivity contribution in [1.82, 2.24) is 0 Å². The van der Waals surface area contributed by atoms with E-state index in [1.54, 1.807) is 12.1 Å². The average Bonchev–Trinajstić information content (AvgIpc) is 2.36. The highest BCUT2D eigenvalue weighted by atomic mass is 19.4. The van der Waals surface area contributed by atoms with Gasteiger partial charge in [-0.2, -0.15) is 13.2 Å². The van der Waals surface area contributed by atoms with Gasteiger partial charge in [-0.3, -0.25) is 0 Å². The molecule has 0 aliphatic carbocycles. The van der Waals surface area contributed by atoms with E-state index in [9.17, 15) is 13.2 Å². The summed E-state index contributed by atoms with van der Waals surface area (Å²) >= 11 is 0. The predicted octanol–water partition coefficient (Wildman–Crippen LogP) is 3.87. The van der Waals surface area contributed by atoms with Gasteiger partial charge in [-0.15, -0.1) is 0 Å². The molecule has 0 saturated heterocycles. The van der Waals surface area contributed by atoms with Crippen LogP contribution in [0, 0.1) is 0 Å². The van der Waals surface area contributed by atoms with Crippen molar-refractivity contribution in [2.24, 2.45) is 0 Å². The number of hydrogen-bond acceptors (Lipinski definition) is 2. The van der Waals surface area contributed by atoms with Gasteiger partial charge in [0.05, 0.1) is 5.56 Å². The molecule has 0 unspecified atom stereocenters. The fraction of sp³-hybridized carbons (Fsp3) is 0.143. The largest absolute Gasteiger partial charge is 0.489 e. The molecule has 2 aromatic carbocycles. The summed E-state index contributed by atoms with van der Waals surface area (Å²) in [5.41, 5.74) is 4.88. The van der Waals surface area contributed by atoms with Crippen LogP contribution in [0.3, 0.4) is 0 Å². The predicted molar refractivity (Wildman–Crippen MR) is 66.6 cm³/mol. The van der Waals surface area contributed by atoms with Crippen molar-refractivity contribution in [3.63, 3.8) is 0 Å². The number of alkyl halides is 3. The van der Waals surface area contributed by atoms with E-state index in [0.717, 1.165) is 6.07 Å². The van der Waals surface area contributed by atoms with E-state index in [0.29, 0.717) is 11.3 Å². The number of hydrogen-bond donors (Lipinski definition) is 1. The molecule has 100 valence electrons. The van der Waals surface area contributed by atoms with Crippen molar-refractivity contribution in [2.45, 2.75) is 12.8 Å². The Morgan fingerprint density at radius 1 is 1.00 bits per heavy atom. The van der Waals surface area contributed by atoms with Crippen LogP contribution < -0.4 is 10.5 Å². The van der Waals surface area contributed by atoms with Crippen molar-refractivity contribution < 1.29 is 17.9 Å². The molecule has 0 spiro atoms. The number of halogens is 3. The van der Waals surface area contributed by atoms with Gasteiger partial charge in [0.1, 0.15) is 12.4 Å². The monoisotopic (exact) mass is 267 g/mol. The van der Waals surface area contributed by atoms with E-state index in [-0.39, 0.29) is 12.3 Å². The first-order valence-corrected chi connectivity index (χ1v) is 5.60. The molecule has 5 heteroatoms. The summed E-state index contributed by atoms with van der Waals surface area (Å²) in [4.78, 5) is 0. The zero-order chi connectivity index (χ0) is 13.9. The summed E-state index contributed by atoms with van der Waals surface area (Å²) in [6, 6.07) is 12.6. The lowest BCUT2D eigenvalue weighted by atomic mass is 10.1. The lowest BCUT2D eigenvalue weighted by Crippen LogP contribution is -2.09. The van der Waals surface area contributed by atoms with Gasteiger partial charge in [0.15, 0.2) is 0 Å². The third-order valence-electron chi connectivity index (χ3n) is 2.57. The summed E-state index contributed by atoms with van der Waals surface area (Å²) in [6.45, 7) is 0.173. The van der Waals surface area contributed by atoms with E-state index < -0.39 is 11.7 Å². The molecule has 0 aliphatic rings. The van der Waals surface area contributed by atoms with Gasteiger partial charge in [0.2, 0.25) is 0 Å². The van der Waals surface area contributed by atoms with E-state index in [2.05, 4.69) is 0 Å². The fourth-order valence-electron chi connectivity index (χ4n) is 1.64. The van der Waals surface area contributed by atoms with Crippen molar-refractivity contribution in [1.29, 1.82) is 0 Å². The normalized spacial score (nSPS) is 11.3. The second kappa shape index (κ2) is 5.22. The molecule has 0 aromatic heterocycles. The number of anilines is 1. The fourth-order valence-corrected chi connectivity index (χ4v) is 1.64. The molecule has 0 aliphatic heterocycles. The molecule has 0 bridgehead atoms. The Kier molecular flexibility index (Phi) is 3.64. The Morgan fingerprint density at radius 2 is 1.68 bits per heavy atom. The van der Waals surface area contributed by atoms with Gasteiger partial charge in [-0.05, 0) is 29.8 Å². The average molecular weight is 267 g/mol. The molecule has 2 N–H and O–H groups in total. The molecule has 2 aromatic rings. The Labute approximate surface area is 108 Å². The van der Waals surface area contributed by atoms with Crippen LogP contribution in [-0.2, 0) is 12.8 Å². The summed E-state index contributed by atoms with van der Waals surface area (Å²) < 4.78 is 43.0. The molecule has 0 radical (unpaired) electrons. The quantitative estimate of drug-likeness (QED) is 0.857. The third-order valence-corrected chi connectivity index (χ3v) is 2.57. The van der Waals surface area contributed by atoms with Crippen LogP contribution in [0.1, 0.15) is 11.1 Å². The van der Waals surface area contributed by atoms with E-state index in [4.69, 9.17) is 10.5 Å². The summed E-state index contributed by atoms with van der Waals surface area (Å²) in [5, 5.41) is 0. The molecule has 0 atom stereocenters. The molecule has 0 saturated carbocycles. The Morgan fingerprint density at radius 3 is 2.26 bits per heavy atom. The van der Waals surface area contributed by atoms with Crippen molar-refractivity contribution in [3.8, 4) is 5.75 Å². The molecule has 0 heterocycles. The number of para-hydroxylation sites is 1. The standard InChI is InChI=1S/C14H12F3NO/c15-14(16,17)12-7-6-10(8-13(12)18)9-19-11-4-2-1-3-5-11/h1-8H,9,18H2. The lowest BCUT2D eigenvalue weighted by molar-refractivity contribution is -0.136. The Hall–Kier alpha value is -2.17. The zero-order valence-electron chi connectivity index (χ0n) is 9.95. The third kappa shape index (κ3) is 3.40. The Balaban J connectivity index is 2.09.